The highest BCUT2D eigenvalue weighted by Gasteiger charge is 2.22. The van der Waals surface area contributed by atoms with Crippen LogP contribution in [0.1, 0.15) is 80.4 Å². The molecule has 0 fully saturated rings. The molecule has 0 spiro atoms. The van der Waals surface area contributed by atoms with Crippen LogP contribution in [0.15, 0.2) is 291 Å². The third-order valence-corrected chi connectivity index (χ3v) is 20.0. The van der Waals surface area contributed by atoms with Crippen molar-refractivity contribution in [3.63, 3.8) is 0 Å². The minimum atomic E-state index is -3.57. The molecule has 0 aliphatic heterocycles. The molecule has 0 bridgehead atoms. The van der Waals surface area contributed by atoms with Crippen molar-refractivity contribution < 1.29 is 58.9 Å². The van der Waals surface area contributed by atoms with Gasteiger partial charge in [-0.3, -0.25) is 13.3 Å². The van der Waals surface area contributed by atoms with Gasteiger partial charge in [-0.15, -0.1) is 0 Å². The van der Waals surface area contributed by atoms with Gasteiger partial charge in [0.1, 0.15) is 40.1 Å². The maximum Gasteiger partial charge on any atom is 0.338 e. The van der Waals surface area contributed by atoms with E-state index in [1.807, 2.05) is 291 Å². The van der Waals surface area contributed by atoms with Crippen molar-refractivity contribution in [2.24, 2.45) is 0 Å². The molecule has 12 aromatic carbocycles. The maximum absolute atomic E-state index is 12.6. The van der Waals surface area contributed by atoms with Gasteiger partial charge in [-0.1, -0.05) is 179 Å². The van der Waals surface area contributed by atoms with E-state index in [9.17, 15) is 34.8 Å². The number of alkyl halides is 1. The summed E-state index contributed by atoms with van der Waals surface area (Å²) in [5.74, 6) is 3.31. The summed E-state index contributed by atoms with van der Waals surface area (Å²) in [7, 11) is -10.3. The van der Waals surface area contributed by atoms with Crippen LogP contribution >= 0.6 is 15.9 Å². The van der Waals surface area contributed by atoms with Gasteiger partial charge in [0.05, 0.1) is 54.4 Å². The number of carbonyl (C=O) groups is 2. The number of para-hydroxylation sites is 3. The van der Waals surface area contributed by atoms with Gasteiger partial charge in [0.2, 0.25) is 30.1 Å². The number of nitrogens with zero attached hydrogens (tertiary/aromatic N) is 2. The van der Waals surface area contributed by atoms with Crippen LogP contribution in [0.3, 0.4) is 0 Å². The van der Waals surface area contributed by atoms with E-state index in [0.29, 0.717) is 34.7 Å². The first-order chi connectivity index (χ1) is 51.3. The van der Waals surface area contributed by atoms with E-state index in [4.69, 9.17) is 24.1 Å². The molecule has 20 heteroatoms. The molecular formula is C88H86BrN3O13S3. The molecule has 0 aliphatic carbocycles. The normalized spacial score (nSPS) is 11.2. The zero-order valence-electron chi connectivity index (χ0n) is 61.7. The van der Waals surface area contributed by atoms with Crippen LogP contribution in [-0.4, -0.2) is 66.7 Å². The fraction of sp³-hybridized carbons (Fsp3) is 0.159. The number of sulfonamides is 3. The largest absolute Gasteiger partial charge is 0.478 e. The van der Waals surface area contributed by atoms with Crippen LogP contribution in [0, 0.1) is 27.7 Å². The summed E-state index contributed by atoms with van der Waals surface area (Å²) in [4.78, 5) is 22.7. The van der Waals surface area contributed by atoms with Gasteiger partial charge < -0.3 is 24.1 Å². The van der Waals surface area contributed by atoms with E-state index in [0.717, 1.165) is 119 Å². The number of benzene rings is 12. The second kappa shape index (κ2) is 36.8. The Kier molecular flexibility index (Phi) is 27.5. The number of nitrogens with one attached hydrogen (secondary N) is 1. The Labute approximate surface area is 643 Å². The van der Waals surface area contributed by atoms with Gasteiger partial charge in [-0.05, 0) is 249 Å². The van der Waals surface area contributed by atoms with E-state index in [1.165, 1.54) is 27.0 Å². The minimum absolute atomic E-state index is 0.100. The van der Waals surface area contributed by atoms with Crippen LogP contribution in [0.4, 0.5) is 17.1 Å². The molecule has 0 saturated heterocycles. The molecule has 0 saturated carbocycles. The third-order valence-electron chi connectivity index (χ3n) is 16.5. The Hall–Kier alpha value is -11.3. The Bertz CT molecular complexity index is 5350. The Morgan fingerprint density at radius 1 is 0.398 bits per heavy atom. The lowest BCUT2D eigenvalue weighted by Crippen LogP contribution is -2.29. The second-order valence-corrected chi connectivity index (χ2v) is 32.7. The summed E-state index contributed by atoms with van der Waals surface area (Å²) < 4.78 is 101. The smallest absolute Gasteiger partial charge is 0.338 e. The van der Waals surface area contributed by atoms with E-state index in [2.05, 4.69) is 20.7 Å². The number of carboxylic acid groups (broad SMARTS) is 1. The van der Waals surface area contributed by atoms with Crippen molar-refractivity contribution in [2.45, 2.75) is 72.5 Å². The molecule has 0 amide bonds. The van der Waals surface area contributed by atoms with Crippen LogP contribution in [0.25, 0.3) is 33.4 Å². The zero-order chi connectivity index (χ0) is 77.8. The molecule has 0 aliphatic rings. The van der Waals surface area contributed by atoms with E-state index >= 15 is 0 Å². The first kappa shape index (κ1) is 80.8. The summed E-state index contributed by atoms with van der Waals surface area (Å²) in [5.41, 5.74) is 15.1. The molecule has 0 radical (unpaired) electrons. The highest BCUT2D eigenvalue weighted by molar-refractivity contribution is 9.08. The van der Waals surface area contributed by atoms with E-state index in [1.54, 1.807) is 36.4 Å². The Morgan fingerprint density at radius 3 is 1.04 bits per heavy atom. The first-order valence-corrected chi connectivity index (χ1v) is 41.1. The van der Waals surface area contributed by atoms with Gasteiger partial charge in [-0.25, -0.2) is 34.8 Å². The lowest BCUT2D eigenvalue weighted by molar-refractivity contribution is 0.00690. The number of hydrogen-bond acceptors (Lipinski definition) is 12. The number of esters is 1. The predicted octanol–water partition coefficient (Wildman–Crippen LogP) is 21.2. The SMILES string of the molecule is CC(C)(C)OC(=O)c1ccc(CBr)cc1.Cc1cc(N(Cc2ccc(C(=O)O)cc2)S(C)(=O)=O)ccc1-c1ccc(Oc2ccccc2)cc1.Cc1cc(NS(C)(=O)=O)ccc1-c1ccc(Oc2ccccc2)cc1.Cc1ccc(CN(c2ccc(-c3ccc(Oc4ccccc4)cc3)c(C)c2)S(C)(=O)=O)cc1. The number of carboxylic acids is 1. The van der Waals surface area contributed by atoms with Crippen LogP contribution < -0.4 is 27.5 Å². The molecule has 0 unspecified atom stereocenters. The monoisotopic (exact) mass is 1570 g/mol. The van der Waals surface area contributed by atoms with Crippen LogP contribution in [0.5, 0.6) is 34.5 Å². The highest BCUT2D eigenvalue weighted by Crippen LogP contribution is 2.35. The molecule has 0 heterocycles. The second-order valence-electron chi connectivity index (χ2n) is 26.6. The Balaban J connectivity index is 0.000000173. The van der Waals surface area contributed by atoms with Crippen LogP contribution in [0.2, 0.25) is 0 Å². The number of halogens is 1. The topological polar surface area (TPSA) is 212 Å². The van der Waals surface area contributed by atoms with Crippen molar-refractivity contribution in [3.8, 4) is 67.9 Å². The first-order valence-electron chi connectivity index (χ1n) is 34.3. The van der Waals surface area contributed by atoms with Crippen molar-refractivity contribution >= 4 is 75.0 Å². The lowest BCUT2D eigenvalue weighted by atomic mass is 10.00. The lowest BCUT2D eigenvalue weighted by Gasteiger charge is -2.24. The summed E-state index contributed by atoms with van der Waals surface area (Å²) in [6.45, 7) is 13.9. The van der Waals surface area contributed by atoms with Gasteiger partial charge in [0.25, 0.3) is 0 Å². The number of ether oxygens (including phenoxy) is 4. The van der Waals surface area contributed by atoms with E-state index in [-0.39, 0.29) is 18.1 Å². The van der Waals surface area contributed by atoms with Crippen molar-refractivity contribution in [1.82, 2.24) is 0 Å². The zero-order valence-corrected chi connectivity index (χ0v) is 65.7. The Morgan fingerprint density at radius 2 is 0.722 bits per heavy atom. The standard InChI is InChI=1S/C28H25NO5S.C28H27NO3S.C20H19NO3S.C12H15BrO2/c1-20-18-24(29(35(2,32)33)19-21-8-10-23(11-9-21)28(30)31)14-17-27(20)22-12-15-26(16-13-22)34-25-6-4-3-5-7-25;1-21-9-11-23(12-10-21)20-29(33(3,30)31)25-15-18-28(22(2)19-25)24-13-16-27(17-14-24)32-26-7-5-4-6-8-26;1-15-14-17(21-25(2,22)23)10-13-20(15)16-8-11-19(12-9-16)24-18-6-4-3-5-7-18;1-12(2,3)15-11(14)10-6-4-9(8-13)5-7-10/h3-18H,19H2,1-2H3,(H,30,31);4-19H,20H2,1-3H3;3-14,21H,1-2H3;4-7H,8H2,1-3H3. The van der Waals surface area contributed by atoms with E-state index < -0.39 is 41.6 Å². The third kappa shape index (κ3) is 24.6. The molecular weight excluding hydrogens is 1480 g/mol. The van der Waals surface area contributed by atoms with Gasteiger partial charge in [-0.2, -0.15) is 0 Å². The fourth-order valence-electron chi connectivity index (χ4n) is 11.1. The van der Waals surface area contributed by atoms with Crippen molar-refractivity contribution in [3.05, 3.63) is 341 Å². The average Bonchev–Trinajstić information content (AvgIpc) is 0.802. The molecule has 12 rings (SSSR count). The predicted molar refractivity (Wildman–Crippen MR) is 439 cm³/mol. The number of aromatic carboxylic acids is 1. The summed E-state index contributed by atoms with van der Waals surface area (Å²) in [5, 5.41) is 9.88. The van der Waals surface area contributed by atoms with Crippen molar-refractivity contribution in [1.29, 1.82) is 0 Å². The summed E-state index contributed by atoms with van der Waals surface area (Å²) in [6, 6.07) is 90.6. The average molecular weight is 1570 g/mol. The molecule has 12 aromatic rings. The maximum atomic E-state index is 12.6. The number of anilines is 3. The van der Waals surface area contributed by atoms with Crippen molar-refractivity contribution in [2.75, 3.05) is 32.1 Å². The highest BCUT2D eigenvalue weighted by atomic mass is 79.9. The molecule has 108 heavy (non-hydrogen) atoms. The molecule has 16 nitrogen and oxygen atoms in total. The number of hydrogen-bond donors (Lipinski definition) is 2. The van der Waals surface area contributed by atoms with Gasteiger partial charge >= 0.3 is 11.9 Å². The number of aryl methyl sites for hydroxylation is 4. The number of rotatable bonds is 22. The quantitative estimate of drug-likeness (QED) is 0.0478. The number of carbonyl (C=O) groups excluding carboxylic acids is 1. The summed E-state index contributed by atoms with van der Waals surface area (Å²) in [6.07, 6.45) is 3.55. The van der Waals surface area contributed by atoms with Crippen LogP contribution in [-0.2, 0) is 53.2 Å². The molecule has 556 valence electrons. The molecule has 0 atom stereocenters. The van der Waals surface area contributed by atoms with Gasteiger partial charge in [0, 0.05) is 11.0 Å². The molecule has 0 aromatic heterocycles. The summed E-state index contributed by atoms with van der Waals surface area (Å²) >= 11 is 3.35. The fourth-order valence-corrected chi connectivity index (χ4v) is 13.8. The molecule has 2 N–H and O–H groups in total. The minimum Gasteiger partial charge on any atom is -0.478 e. The van der Waals surface area contributed by atoms with Gasteiger partial charge in [0.15, 0.2) is 0 Å².